The van der Waals surface area contributed by atoms with E-state index in [1.165, 1.54) is 123 Å². The van der Waals surface area contributed by atoms with Gasteiger partial charge in [-0.1, -0.05) is 198 Å². The Morgan fingerprint density at radius 2 is 0.429 bits per heavy atom. The van der Waals surface area contributed by atoms with Gasteiger partial charge in [-0.05, 0) is 62.2 Å². The Morgan fingerprint density at radius 3 is 0.643 bits per heavy atom. The van der Waals surface area contributed by atoms with Gasteiger partial charge >= 0.3 is 0 Å². The summed E-state index contributed by atoms with van der Waals surface area (Å²) >= 11 is 0. The molecule has 0 N–H and O–H groups in total. The van der Waals surface area contributed by atoms with Gasteiger partial charge in [-0.2, -0.15) is 0 Å². The van der Waals surface area contributed by atoms with Gasteiger partial charge < -0.3 is 0 Å². The van der Waals surface area contributed by atoms with Crippen LogP contribution in [0.3, 0.4) is 0 Å². The lowest BCUT2D eigenvalue weighted by atomic mass is 10.0. The second-order valence-electron chi connectivity index (χ2n) is 11.6. The van der Waals surface area contributed by atoms with Crippen molar-refractivity contribution in [1.29, 1.82) is 0 Å². The minimum absolute atomic E-state index is 0.214. The second-order valence-corrected chi connectivity index (χ2v) is 16.3. The molecule has 42 heavy (non-hydrogen) atoms. The van der Waals surface area contributed by atoms with Crippen LogP contribution in [0.15, 0.2) is 121 Å². The molecule has 0 atom stereocenters. The number of rotatable bonds is 21. The first-order valence-electron chi connectivity index (χ1n) is 16.7. The molecule has 4 rings (SSSR count). The van der Waals surface area contributed by atoms with Crippen LogP contribution in [0.5, 0.6) is 0 Å². The van der Waals surface area contributed by atoms with Crippen molar-refractivity contribution < 1.29 is 0 Å². The normalized spacial score (nSPS) is 11.4. The predicted octanol–water partition coefficient (Wildman–Crippen LogP) is 10.7. The fraction of sp³-hybridized carbons (Fsp3) is 0.400. The molecule has 0 aliphatic carbocycles. The standard InChI is InChI=1S/C40H52P2/c1(3-5-7-9-11-25-35-41(37-27-17-13-18-28-37)38-29-19-14-20-30-38)2-4-6-8-10-12-26-36-42(39-31-21-15-22-32-39)40-33-23-16-24-34-40/h13-24,27-34H,1-12,25-26,35-36H2. The molecule has 0 aliphatic heterocycles. The van der Waals surface area contributed by atoms with Gasteiger partial charge in [0, 0.05) is 0 Å². The largest absolute Gasteiger partial charge is 0.0622 e. The van der Waals surface area contributed by atoms with E-state index in [4.69, 9.17) is 0 Å². The average Bonchev–Trinajstić information content (AvgIpc) is 3.06. The zero-order valence-corrected chi connectivity index (χ0v) is 27.5. The first kappa shape index (κ1) is 32.6. The Morgan fingerprint density at radius 1 is 0.238 bits per heavy atom. The molecular weight excluding hydrogens is 542 g/mol. The lowest BCUT2D eigenvalue weighted by Gasteiger charge is -2.18. The molecular formula is C40H52P2. The van der Waals surface area contributed by atoms with Crippen molar-refractivity contribution in [3.63, 3.8) is 0 Å². The molecule has 0 fully saturated rings. The van der Waals surface area contributed by atoms with Crippen molar-refractivity contribution in [3.05, 3.63) is 121 Å². The van der Waals surface area contributed by atoms with Gasteiger partial charge in [-0.15, -0.1) is 0 Å². The summed E-state index contributed by atoms with van der Waals surface area (Å²) in [4.78, 5) is 0. The summed E-state index contributed by atoms with van der Waals surface area (Å²) in [7, 11) is -0.429. The van der Waals surface area contributed by atoms with E-state index in [0.29, 0.717) is 0 Å². The van der Waals surface area contributed by atoms with Crippen LogP contribution >= 0.6 is 15.8 Å². The Bertz CT molecular complexity index is 1000. The smallest absolute Gasteiger partial charge is 0.0195 e. The van der Waals surface area contributed by atoms with Crippen LogP contribution in [0, 0.1) is 0 Å². The van der Waals surface area contributed by atoms with E-state index in [2.05, 4.69) is 121 Å². The molecule has 0 saturated carbocycles. The van der Waals surface area contributed by atoms with E-state index < -0.39 is 0 Å². The van der Waals surface area contributed by atoms with E-state index in [-0.39, 0.29) is 15.8 Å². The molecule has 4 aromatic carbocycles. The van der Waals surface area contributed by atoms with Crippen molar-refractivity contribution in [2.24, 2.45) is 0 Å². The molecule has 4 aromatic rings. The fourth-order valence-electron chi connectivity index (χ4n) is 5.91. The van der Waals surface area contributed by atoms with Crippen LogP contribution in [-0.2, 0) is 0 Å². The van der Waals surface area contributed by atoms with Crippen LogP contribution < -0.4 is 21.2 Å². The zero-order chi connectivity index (χ0) is 28.9. The Kier molecular flexibility index (Phi) is 16.0. The highest BCUT2D eigenvalue weighted by Gasteiger charge is 2.13. The van der Waals surface area contributed by atoms with Crippen molar-refractivity contribution >= 4 is 37.1 Å². The summed E-state index contributed by atoms with van der Waals surface area (Å²) in [5.41, 5.74) is 0. The summed E-state index contributed by atoms with van der Waals surface area (Å²) in [5.74, 6) is 0. The summed E-state index contributed by atoms with van der Waals surface area (Å²) in [6, 6.07) is 44.8. The molecule has 2 heteroatoms. The third-order valence-corrected chi connectivity index (χ3v) is 13.5. The minimum Gasteiger partial charge on any atom is -0.0622 e. The Labute approximate surface area is 259 Å². The lowest BCUT2D eigenvalue weighted by Crippen LogP contribution is -2.13. The molecule has 0 bridgehead atoms. The highest BCUT2D eigenvalue weighted by atomic mass is 31.1. The molecule has 0 aliphatic rings. The van der Waals surface area contributed by atoms with Crippen molar-refractivity contribution in [2.75, 3.05) is 12.3 Å². The summed E-state index contributed by atoms with van der Waals surface area (Å²) in [6.07, 6.45) is 22.4. The average molecular weight is 595 g/mol. The Hall–Kier alpha value is -2.26. The highest BCUT2D eigenvalue weighted by Crippen LogP contribution is 2.36. The lowest BCUT2D eigenvalue weighted by molar-refractivity contribution is 0.539. The van der Waals surface area contributed by atoms with Crippen LogP contribution in [0.4, 0.5) is 0 Å². The van der Waals surface area contributed by atoms with E-state index in [9.17, 15) is 0 Å². The maximum absolute atomic E-state index is 2.33. The molecule has 0 saturated heterocycles. The maximum atomic E-state index is 2.33. The minimum atomic E-state index is -0.214. The van der Waals surface area contributed by atoms with Crippen LogP contribution in [0.2, 0.25) is 0 Å². The van der Waals surface area contributed by atoms with E-state index in [0.717, 1.165) is 0 Å². The van der Waals surface area contributed by atoms with Crippen molar-refractivity contribution in [2.45, 2.75) is 89.9 Å². The molecule has 0 spiro atoms. The SMILES string of the molecule is c1ccc(P(CCCCCCCCCCCCCCCCP(c2ccccc2)c2ccccc2)c2ccccc2)cc1. The first-order chi connectivity index (χ1) is 20.9. The Balaban J connectivity index is 0.975. The quantitative estimate of drug-likeness (QED) is 0.0665. The van der Waals surface area contributed by atoms with Crippen molar-refractivity contribution in [3.8, 4) is 0 Å². The number of hydrogen-bond acceptors (Lipinski definition) is 0. The summed E-state index contributed by atoms with van der Waals surface area (Å²) in [5, 5.41) is 6.11. The van der Waals surface area contributed by atoms with Gasteiger partial charge in [0.15, 0.2) is 0 Å². The fourth-order valence-corrected chi connectivity index (χ4v) is 10.7. The summed E-state index contributed by atoms with van der Waals surface area (Å²) in [6.45, 7) is 0. The van der Waals surface area contributed by atoms with Gasteiger partial charge in [-0.3, -0.25) is 0 Å². The monoisotopic (exact) mass is 594 g/mol. The molecule has 0 nitrogen and oxygen atoms in total. The molecule has 0 radical (unpaired) electrons. The second kappa shape index (κ2) is 20.6. The number of hydrogen-bond donors (Lipinski definition) is 0. The molecule has 0 amide bonds. The molecule has 0 aromatic heterocycles. The van der Waals surface area contributed by atoms with Gasteiger partial charge in [-0.25, -0.2) is 0 Å². The van der Waals surface area contributed by atoms with Crippen LogP contribution in [-0.4, -0.2) is 12.3 Å². The van der Waals surface area contributed by atoms with Crippen molar-refractivity contribution in [1.82, 2.24) is 0 Å². The molecule has 222 valence electrons. The maximum Gasteiger partial charge on any atom is -0.0195 e. The first-order valence-corrected chi connectivity index (χ1v) is 19.7. The van der Waals surface area contributed by atoms with E-state index in [1.54, 1.807) is 0 Å². The van der Waals surface area contributed by atoms with Gasteiger partial charge in [0.2, 0.25) is 0 Å². The molecule has 0 heterocycles. The number of unbranched alkanes of at least 4 members (excludes halogenated alkanes) is 13. The zero-order valence-electron chi connectivity index (χ0n) is 25.8. The number of benzene rings is 4. The molecule has 0 unspecified atom stereocenters. The van der Waals surface area contributed by atoms with E-state index >= 15 is 0 Å². The topological polar surface area (TPSA) is 0 Å². The van der Waals surface area contributed by atoms with Gasteiger partial charge in [0.05, 0.1) is 0 Å². The summed E-state index contributed by atoms with van der Waals surface area (Å²) < 4.78 is 0. The van der Waals surface area contributed by atoms with Crippen LogP contribution in [0.25, 0.3) is 0 Å². The highest BCUT2D eigenvalue weighted by molar-refractivity contribution is 7.73. The third kappa shape index (κ3) is 12.2. The van der Waals surface area contributed by atoms with Gasteiger partial charge in [0.25, 0.3) is 0 Å². The van der Waals surface area contributed by atoms with Crippen LogP contribution in [0.1, 0.15) is 89.9 Å². The van der Waals surface area contributed by atoms with Gasteiger partial charge in [0.1, 0.15) is 0 Å². The predicted molar refractivity (Wildman–Crippen MR) is 193 cm³/mol. The third-order valence-electron chi connectivity index (χ3n) is 8.28. The van der Waals surface area contributed by atoms with E-state index in [1.807, 2.05) is 0 Å².